The van der Waals surface area contributed by atoms with Gasteiger partial charge in [-0.2, -0.15) is 0 Å². The molecule has 4 rings (SSSR count). The van der Waals surface area contributed by atoms with Crippen LogP contribution in [0.15, 0.2) is 91.0 Å². The zero-order valence-corrected chi connectivity index (χ0v) is 18.5. The number of benzene rings is 3. The van der Waals surface area contributed by atoms with Crippen molar-refractivity contribution in [2.24, 2.45) is 5.92 Å². The van der Waals surface area contributed by atoms with Crippen LogP contribution in [0, 0.1) is 5.92 Å². The Labute approximate surface area is 190 Å². The van der Waals surface area contributed by atoms with E-state index in [9.17, 15) is 5.11 Å². The van der Waals surface area contributed by atoms with Crippen molar-refractivity contribution in [1.29, 1.82) is 0 Å². The highest BCUT2D eigenvalue weighted by molar-refractivity contribution is 5.15. The molecule has 0 amide bonds. The van der Waals surface area contributed by atoms with E-state index in [0.29, 0.717) is 26.2 Å². The molecule has 32 heavy (non-hydrogen) atoms. The van der Waals surface area contributed by atoms with Crippen LogP contribution >= 0.6 is 0 Å². The standard InChI is InChI=1S/C28H32O4/c1-21-17-25(29)27(31-19-23-13-7-3-8-14-23)28(32-20-24-15-9-4-10-16-24)26(21)30-18-22-11-5-2-6-12-22/h2-16,21,25-29H,17-20H2,1H3/t21?,25-,26-,27?,28+/m0/s1. The van der Waals surface area contributed by atoms with Crippen molar-refractivity contribution >= 4 is 0 Å². The van der Waals surface area contributed by atoms with Gasteiger partial charge >= 0.3 is 0 Å². The topological polar surface area (TPSA) is 47.9 Å². The minimum absolute atomic E-state index is 0.145. The van der Waals surface area contributed by atoms with Crippen LogP contribution in [-0.4, -0.2) is 29.5 Å². The quantitative estimate of drug-likeness (QED) is 0.508. The van der Waals surface area contributed by atoms with Gasteiger partial charge in [0.1, 0.15) is 12.2 Å². The molecule has 4 nitrogen and oxygen atoms in total. The zero-order chi connectivity index (χ0) is 22.2. The van der Waals surface area contributed by atoms with Crippen LogP contribution in [0.5, 0.6) is 0 Å². The fourth-order valence-corrected chi connectivity index (χ4v) is 4.33. The minimum atomic E-state index is -0.605. The van der Waals surface area contributed by atoms with Gasteiger partial charge in [0, 0.05) is 0 Å². The van der Waals surface area contributed by atoms with E-state index in [1.54, 1.807) is 0 Å². The van der Waals surface area contributed by atoms with Gasteiger partial charge in [-0.05, 0) is 29.0 Å². The Balaban J connectivity index is 1.50. The Hall–Kier alpha value is -2.50. The number of aliphatic hydroxyl groups is 1. The van der Waals surface area contributed by atoms with E-state index in [0.717, 1.165) is 16.7 Å². The first-order chi connectivity index (χ1) is 15.7. The number of rotatable bonds is 9. The highest BCUT2D eigenvalue weighted by atomic mass is 16.6. The summed E-state index contributed by atoms with van der Waals surface area (Å²) in [4.78, 5) is 0. The predicted molar refractivity (Wildman–Crippen MR) is 125 cm³/mol. The maximum Gasteiger partial charge on any atom is 0.113 e. The van der Waals surface area contributed by atoms with Crippen LogP contribution in [0.1, 0.15) is 30.0 Å². The van der Waals surface area contributed by atoms with Gasteiger partial charge in [-0.25, -0.2) is 0 Å². The molecule has 0 radical (unpaired) electrons. The van der Waals surface area contributed by atoms with E-state index in [-0.39, 0.29) is 18.1 Å². The normalized spacial score (nSPS) is 25.5. The molecule has 5 atom stereocenters. The van der Waals surface area contributed by atoms with Crippen molar-refractivity contribution in [3.8, 4) is 0 Å². The van der Waals surface area contributed by atoms with E-state index in [1.807, 2.05) is 78.9 Å². The molecule has 3 aromatic carbocycles. The molecule has 2 unspecified atom stereocenters. The second-order valence-electron chi connectivity index (χ2n) is 8.56. The summed E-state index contributed by atoms with van der Waals surface area (Å²) >= 11 is 0. The monoisotopic (exact) mass is 432 g/mol. The van der Waals surface area contributed by atoms with Gasteiger partial charge < -0.3 is 19.3 Å². The fraction of sp³-hybridized carbons (Fsp3) is 0.357. The molecule has 0 saturated heterocycles. The average molecular weight is 433 g/mol. The van der Waals surface area contributed by atoms with Gasteiger partial charge in [0.05, 0.1) is 32.0 Å². The van der Waals surface area contributed by atoms with Gasteiger partial charge in [0.25, 0.3) is 0 Å². The molecule has 1 aliphatic carbocycles. The van der Waals surface area contributed by atoms with Crippen LogP contribution in [0.2, 0.25) is 0 Å². The lowest BCUT2D eigenvalue weighted by atomic mass is 9.81. The minimum Gasteiger partial charge on any atom is -0.390 e. The maximum atomic E-state index is 10.9. The summed E-state index contributed by atoms with van der Waals surface area (Å²) in [5.74, 6) is 0.145. The average Bonchev–Trinajstić information content (AvgIpc) is 2.83. The lowest BCUT2D eigenvalue weighted by Gasteiger charge is -2.43. The van der Waals surface area contributed by atoms with Gasteiger partial charge in [0.15, 0.2) is 0 Å². The molecule has 1 aliphatic rings. The van der Waals surface area contributed by atoms with E-state index >= 15 is 0 Å². The molecule has 1 fully saturated rings. The Morgan fingerprint density at radius 1 is 0.594 bits per heavy atom. The molecular weight excluding hydrogens is 400 g/mol. The van der Waals surface area contributed by atoms with Crippen molar-refractivity contribution in [2.45, 2.75) is 57.6 Å². The van der Waals surface area contributed by atoms with Gasteiger partial charge in [0.2, 0.25) is 0 Å². The summed E-state index contributed by atoms with van der Waals surface area (Å²) in [5.41, 5.74) is 3.28. The molecule has 0 spiro atoms. The highest BCUT2D eigenvalue weighted by Crippen LogP contribution is 2.33. The van der Waals surface area contributed by atoms with E-state index < -0.39 is 12.2 Å². The van der Waals surface area contributed by atoms with Crippen LogP contribution < -0.4 is 0 Å². The second kappa shape index (κ2) is 11.4. The van der Waals surface area contributed by atoms with Gasteiger partial charge in [-0.1, -0.05) is 97.9 Å². The third-order valence-corrected chi connectivity index (χ3v) is 6.06. The maximum absolute atomic E-state index is 10.9. The van der Waals surface area contributed by atoms with Gasteiger partial charge in [-0.15, -0.1) is 0 Å². The molecular formula is C28H32O4. The summed E-state index contributed by atoms with van der Waals surface area (Å²) < 4.78 is 19.1. The molecule has 1 saturated carbocycles. The summed E-state index contributed by atoms with van der Waals surface area (Å²) in [6.07, 6.45) is -1.00. The lowest BCUT2D eigenvalue weighted by molar-refractivity contribution is -0.216. The predicted octanol–water partition coefficient (Wildman–Crippen LogP) is 5.14. The van der Waals surface area contributed by atoms with E-state index in [1.165, 1.54) is 0 Å². The van der Waals surface area contributed by atoms with Crippen LogP contribution in [0.25, 0.3) is 0 Å². The van der Waals surface area contributed by atoms with Crippen molar-refractivity contribution in [3.63, 3.8) is 0 Å². The van der Waals surface area contributed by atoms with E-state index in [2.05, 4.69) is 19.1 Å². The summed E-state index contributed by atoms with van der Waals surface area (Å²) in [5, 5.41) is 10.9. The Morgan fingerprint density at radius 3 is 1.41 bits per heavy atom. The second-order valence-corrected chi connectivity index (χ2v) is 8.56. The summed E-state index contributed by atoms with van der Waals surface area (Å²) in [6.45, 7) is 3.49. The van der Waals surface area contributed by atoms with Crippen molar-refractivity contribution in [1.82, 2.24) is 0 Å². The Bertz CT molecular complexity index is 860. The number of hydrogen-bond acceptors (Lipinski definition) is 4. The number of hydrogen-bond donors (Lipinski definition) is 1. The van der Waals surface area contributed by atoms with Crippen molar-refractivity contribution in [2.75, 3.05) is 0 Å². The zero-order valence-electron chi connectivity index (χ0n) is 18.5. The Morgan fingerprint density at radius 2 is 0.969 bits per heavy atom. The van der Waals surface area contributed by atoms with Crippen molar-refractivity contribution in [3.05, 3.63) is 108 Å². The fourth-order valence-electron chi connectivity index (χ4n) is 4.33. The number of ether oxygens (including phenoxy) is 3. The third kappa shape index (κ3) is 6.05. The summed E-state index contributed by atoms with van der Waals surface area (Å²) in [7, 11) is 0. The first-order valence-electron chi connectivity index (χ1n) is 11.4. The highest BCUT2D eigenvalue weighted by Gasteiger charge is 2.45. The van der Waals surface area contributed by atoms with Gasteiger partial charge in [-0.3, -0.25) is 0 Å². The van der Waals surface area contributed by atoms with Crippen LogP contribution in [-0.2, 0) is 34.0 Å². The largest absolute Gasteiger partial charge is 0.390 e. The first kappa shape index (κ1) is 22.7. The van der Waals surface area contributed by atoms with Crippen LogP contribution in [0.4, 0.5) is 0 Å². The molecule has 168 valence electrons. The molecule has 3 aromatic rings. The third-order valence-electron chi connectivity index (χ3n) is 6.06. The van der Waals surface area contributed by atoms with E-state index in [4.69, 9.17) is 14.2 Å². The molecule has 0 aromatic heterocycles. The molecule has 0 aliphatic heterocycles. The summed E-state index contributed by atoms with van der Waals surface area (Å²) in [6, 6.07) is 30.3. The first-order valence-corrected chi connectivity index (χ1v) is 11.4. The lowest BCUT2D eigenvalue weighted by Crippen LogP contribution is -2.56. The van der Waals surface area contributed by atoms with Crippen molar-refractivity contribution < 1.29 is 19.3 Å². The smallest absolute Gasteiger partial charge is 0.113 e. The SMILES string of the molecule is CC1C[C@H](O)C(OCc2ccccc2)[C@H](OCc2ccccc2)[C@H]1OCc1ccccc1. The molecule has 4 heteroatoms. The number of aliphatic hydroxyl groups excluding tert-OH is 1. The van der Waals surface area contributed by atoms with Crippen LogP contribution in [0.3, 0.4) is 0 Å². The molecule has 1 N–H and O–H groups in total. The Kier molecular flexibility index (Phi) is 8.07. The molecule has 0 bridgehead atoms. The molecule has 0 heterocycles.